The third-order valence-corrected chi connectivity index (χ3v) is 3.33. The molecule has 1 nitrogen and oxygen atoms in total. The van der Waals surface area contributed by atoms with Gasteiger partial charge < -0.3 is 5.32 Å². The number of rotatable bonds is 2. The van der Waals surface area contributed by atoms with Crippen molar-refractivity contribution in [2.24, 2.45) is 5.92 Å². The van der Waals surface area contributed by atoms with E-state index in [2.05, 4.69) is 5.32 Å². The molecule has 0 amide bonds. The van der Waals surface area contributed by atoms with Crippen LogP contribution in [0.2, 0.25) is 0 Å². The molecule has 1 aliphatic rings. The summed E-state index contributed by atoms with van der Waals surface area (Å²) in [7, 11) is 0. The van der Waals surface area contributed by atoms with Crippen molar-refractivity contribution in [2.45, 2.75) is 25.2 Å². The molecule has 1 aromatic rings. The molecule has 0 aliphatic carbocycles. The zero-order chi connectivity index (χ0) is 15.0. The molecule has 1 N–H and O–H groups in total. The number of benzene rings is 1. The van der Waals surface area contributed by atoms with E-state index >= 15 is 0 Å². The fourth-order valence-electron chi connectivity index (χ4n) is 2.36. The van der Waals surface area contributed by atoms with E-state index < -0.39 is 23.5 Å². The maximum Gasteiger partial charge on any atom is 0.416 e. The first-order valence-electron chi connectivity index (χ1n) is 6.15. The number of hydrogen-bond donors (Lipinski definition) is 1. The van der Waals surface area contributed by atoms with Crippen molar-refractivity contribution in [3.05, 3.63) is 34.9 Å². The summed E-state index contributed by atoms with van der Waals surface area (Å²) in [5.41, 5.74) is -2.40. The third-order valence-electron chi connectivity index (χ3n) is 3.33. The van der Waals surface area contributed by atoms with Crippen molar-refractivity contribution in [1.82, 2.24) is 5.32 Å². The van der Waals surface area contributed by atoms with E-state index in [1.54, 1.807) is 0 Å². The summed E-state index contributed by atoms with van der Waals surface area (Å²) in [5, 5.41) is 3.04. The lowest BCUT2D eigenvalue weighted by molar-refractivity contribution is -0.143. The van der Waals surface area contributed by atoms with Crippen molar-refractivity contribution in [2.75, 3.05) is 13.1 Å². The maximum atomic E-state index is 12.7. The molecule has 20 heavy (non-hydrogen) atoms. The van der Waals surface area contributed by atoms with Gasteiger partial charge in [0.25, 0.3) is 0 Å². The second kappa shape index (κ2) is 5.27. The van der Waals surface area contributed by atoms with Crippen LogP contribution < -0.4 is 5.32 Å². The molecule has 1 aromatic carbocycles. The summed E-state index contributed by atoms with van der Waals surface area (Å²) in [6.45, 7) is 1.37. The average Bonchev–Trinajstić information content (AvgIpc) is 2.79. The Hall–Kier alpha value is -1.24. The topological polar surface area (TPSA) is 12.0 Å². The lowest BCUT2D eigenvalue weighted by atomic mass is 9.95. The summed E-state index contributed by atoms with van der Waals surface area (Å²) in [6.07, 6.45) is -8.56. The largest absolute Gasteiger partial charge is 0.416 e. The Labute approximate surface area is 112 Å². The van der Waals surface area contributed by atoms with Crippen LogP contribution in [0, 0.1) is 5.92 Å². The highest BCUT2D eigenvalue weighted by atomic mass is 19.4. The van der Waals surface area contributed by atoms with Gasteiger partial charge in [-0.25, -0.2) is 0 Å². The summed E-state index contributed by atoms with van der Waals surface area (Å²) >= 11 is 0. The molecule has 2 rings (SSSR count). The van der Waals surface area contributed by atoms with E-state index in [1.807, 2.05) is 0 Å². The van der Waals surface area contributed by atoms with E-state index in [0.29, 0.717) is 6.54 Å². The van der Waals surface area contributed by atoms with Gasteiger partial charge in [-0.1, -0.05) is 0 Å². The van der Waals surface area contributed by atoms with Crippen molar-refractivity contribution in [1.29, 1.82) is 0 Å². The summed E-state index contributed by atoms with van der Waals surface area (Å²) in [4.78, 5) is 0. The molecule has 0 radical (unpaired) electrons. The van der Waals surface area contributed by atoms with Gasteiger partial charge in [0.15, 0.2) is 0 Å². The predicted molar refractivity (Wildman–Crippen MR) is 61.1 cm³/mol. The molecule has 112 valence electrons. The van der Waals surface area contributed by atoms with Crippen LogP contribution in [0.4, 0.5) is 26.3 Å². The Morgan fingerprint density at radius 1 is 0.950 bits per heavy atom. The van der Waals surface area contributed by atoms with Crippen LogP contribution in [0.1, 0.15) is 23.1 Å². The first kappa shape index (κ1) is 15.2. The maximum absolute atomic E-state index is 12.7. The van der Waals surface area contributed by atoms with Crippen molar-refractivity contribution in [3.63, 3.8) is 0 Å². The molecule has 1 unspecified atom stereocenters. The molecule has 0 saturated carbocycles. The van der Waals surface area contributed by atoms with Gasteiger partial charge in [0, 0.05) is 0 Å². The minimum Gasteiger partial charge on any atom is -0.316 e. The fraction of sp³-hybridized carbons (Fsp3) is 0.538. The Kier molecular flexibility index (Phi) is 4.00. The SMILES string of the molecule is FC(F)(F)c1cc(CC2CCNC2)cc(C(F)(F)F)c1. The molecule has 1 fully saturated rings. The predicted octanol–water partition coefficient (Wildman–Crippen LogP) is 3.88. The average molecular weight is 297 g/mol. The smallest absolute Gasteiger partial charge is 0.316 e. The molecule has 1 heterocycles. The minimum absolute atomic E-state index is 0.0829. The van der Waals surface area contributed by atoms with Crippen LogP contribution in [0.3, 0.4) is 0 Å². The highest BCUT2D eigenvalue weighted by Gasteiger charge is 2.37. The zero-order valence-electron chi connectivity index (χ0n) is 10.4. The number of alkyl halides is 6. The van der Waals surface area contributed by atoms with E-state index in [4.69, 9.17) is 0 Å². The lowest BCUT2D eigenvalue weighted by Crippen LogP contribution is -2.14. The van der Waals surface area contributed by atoms with Gasteiger partial charge in [-0.15, -0.1) is 0 Å². The molecular weight excluding hydrogens is 284 g/mol. The lowest BCUT2D eigenvalue weighted by Gasteiger charge is -2.15. The van der Waals surface area contributed by atoms with Crippen LogP contribution in [0.25, 0.3) is 0 Å². The summed E-state index contributed by atoms with van der Waals surface area (Å²) < 4.78 is 76.0. The summed E-state index contributed by atoms with van der Waals surface area (Å²) in [5.74, 6) is 0.0829. The molecule has 0 aromatic heterocycles. The van der Waals surface area contributed by atoms with Crippen molar-refractivity contribution >= 4 is 0 Å². The van der Waals surface area contributed by atoms with E-state index in [1.165, 1.54) is 0 Å². The zero-order valence-corrected chi connectivity index (χ0v) is 10.4. The highest BCUT2D eigenvalue weighted by Crippen LogP contribution is 2.36. The number of halogens is 6. The van der Waals surface area contributed by atoms with Gasteiger partial charge in [-0.05, 0) is 55.6 Å². The Bertz CT molecular complexity index is 438. The molecule has 1 saturated heterocycles. The molecule has 1 aliphatic heterocycles. The van der Waals surface area contributed by atoms with E-state index in [0.717, 1.165) is 25.1 Å². The number of hydrogen-bond acceptors (Lipinski definition) is 1. The second-order valence-corrected chi connectivity index (χ2v) is 4.98. The monoisotopic (exact) mass is 297 g/mol. The van der Waals surface area contributed by atoms with Crippen molar-refractivity contribution < 1.29 is 26.3 Å². The van der Waals surface area contributed by atoms with E-state index in [9.17, 15) is 26.3 Å². The van der Waals surface area contributed by atoms with Gasteiger partial charge in [-0.2, -0.15) is 26.3 Å². The molecule has 0 bridgehead atoms. The molecular formula is C13H13F6N. The van der Waals surface area contributed by atoms with Gasteiger partial charge in [0.05, 0.1) is 11.1 Å². The standard InChI is InChI=1S/C13H13F6N/c14-12(15,16)10-4-9(3-8-1-2-20-7-8)5-11(6-10)13(17,18)19/h4-6,8,20H,1-3,7H2. The van der Waals surface area contributed by atoms with Crippen LogP contribution >= 0.6 is 0 Å². The van der Waals surface area contributed by atoms with Crippen molar-refractivity contribution in [3.8, 4) is 0 Å². The Morgan fingerprint density at radius 3 is 1.90 bits per heavy atom. The molecule has 7 heteroatoms. The normalized spacial score (nSPS) is 20.4. The molecule has 0 spiro atoms. The molecule has 1 atom stereocenters. The Balaban J connectivity index is 2.34. The van der Waals surface area contributed by atoms with Crippen LogP contribution in [0.15, 0.2) is 18.2 Å². The van der Waals surface area contributed by atoms with Crippen LogP contribution in [-0.2, 0) is 18.8 Å². The number of nitrogens with one attached hydrogen (secondary N) is 1. The third kappa shape index (κ3) is 3.65. The van der Waals surface area contributed by atoms with Crippen LogP contribution in [-0.4, -0.2) is 13.1 Å². The van der Waals surface area contributed by atoms with Gasteiger partial charge >= 0.3 is 12.4 Å². The minimum atomic E-state index is -4.77. The quantitative estimate of drug-likeness (QED) is 0.817. The summed E-state index contributed by atoms with van der Waals surface area (Å²) in [6, 6.07) is 1.79. The van der Waals surface area contributed by atoms with E-state index in [-0.39, 0.29) is 24.0 Å². The van der Waals surface area contributed by atoms with Gasteiger partial charge in [0.1, 0.15) is 0 Å². The van der Waals surface area contributed by atoms with Crippen LogP contribution in [0.5, 0.6) is 0 Å². The van der Waals surface area contributed by atoms with Gasteiger partial charge in [0.2, 0.25) is 0 Å². The Morgan fingerprint density at radius 2 is 1.50 bits per heavy atom. The first-order valence-corrected chi connectivity index (χ1v) is 6.15. The first-order chi connectivity index (χ1) is 9.16. The highest BCUT2D eigenvalue weighted by molar-refractivity contribution is 5.34. The fourth-order valence-corrected chi connectivity index (χ4v) is 2.36. The van der Waals surface area contributed by atoms with Gasteiger partial charge in [-0.3, -0.25) is 0 Å². The second-order valence-electron chi connectivity index (χ2n) is 4.98.